The van der Waals surface area contributed by atoms with Gasteiger partial charge in [0.05, 0.1) is 11.6 Å². The van der Waals surface area contributed by atoms with E-state index < -0.39 is 0 Å². The molecule has 2 saturated heterocycles. The van der Waals surface area contributed by atoms with Crippen molar-refractivity contribution >= 4 is 22.8 Å². The molecule has 0 bridgehead atoms. The predicted molar refractivity (Wildman–Crippen MR) is 114 cm³/mol. The molecule has 5 rings (SSSR count). The number of hydrogen-bond donors (Lipinski definition) is 0. The van der Waals surface area contributed by atoms with Gasteiger partial charge in [-0.15, -0.1) is 0 Å². The SMILES string of the molecule is CCCCN1C(=O)C2=CCCC(N3CCC(c4noc5cc(F)ccc45)CC3)C2C1=O. The van der Waals surface area contributed by atoms with E-state index in [1.54, 1.807) is 6.07 Å². The maximum absolute atomic E-state index is 13.5. The molecular formula is C24H28FN3O3. The standard InChI is InChI=1S/C24H28FN3O3/c1-2-3-11-28-23(29)18-5-4-6-19(21(18)24(28)30)27-12-9-15(10-13-27)22-17-8-7-16(25)14-20(17)31-26-22/h5,7-8,14-15,19,21H,2-4,6,9-13H2,1H3. The molecule has 0 radical (unpaired) electrons. The molecule has 2 atom stereocenters. The first kappa shape index (κ1) is 20.4. The first-order valence-corrected chi connectivity index (χ1v) is 11.4. The van der Waals surface area contributed by atoms with Crippen LogP contribution in [-0.2, 0) is 9.59 Å². The fraction of sp³-hybridized carbons (Fsp3) is 0.542. The van der Waals surface area contributed by atoms with Gasteiger partial charge in [0.2, 0.25) is 5.91 Å². The van der Waals surface area contributed by atoms with Crippen LogP contribution in [0.4, 0.5) is 4.39 Å². The Morgan fingerprint density at radius 2 is 2.00 bits per heavy atom. The van der Waals surface area contributed by atoms with Crippen molar-refractivity contribution in [1.82, 2.24) is 15.0 Å². The number of halogens is 1. The molecule has 2 fully saturated rings. The number of carbonyl (C=O) groups excluding carboxylic acids is 2. The topological polar surface area (TPSA) is 66.7 Å². The fourth-order valence-corrected chi connectivity index (χ4v) is 5.50. The van der Waals surface area contributed by atoms with Crippen LogP contribution in [0.2, 0.25) is 0 Å². The lowest BCUT2D eigenvalue weighted by molar-refractivity contribution is -0.140. The third kappa shape index (κ3) is 3.49. The van der Waals surface area contributed by atoms with Crippen LogP contribution in [0.5, 0.6) is 0 Å². The number of carbonyl (C=O) groups is 2. The minimum atomic E-state index is -0.324. The molecule has 0 saturated carbocycles. The summed E-state index contributed by atoms with van der Waals surface area (Å²) in [5, 5.41) is 5.12. The van der Waals surface area contributed by atoms with Crippen molar-refractivity contribution in [2.24, 2.45) is 5.92 Å². The van der Waals surface area contributed by atoms with E-state index in [4.69, 9.17) is 4.52 Å². The Balaban J connectivity index is 1.30. The van der Waals surface area contributed by atoms with Crippen molar-refractivity contribution in [3.63, 3.8) is 0 Å². The third-order valence-electron chi connectivity index (χ3n) is 7.15. The molecule has 2 aliphatic heterocycles. The summed E-state index contributed by atoms with van der Waals surface area (Å²) in [7, 11) is 0. The molecule has 6 nitrogen and oxygen atoms in total. The summed E-state index contributed by atoms with van der Waals surface area (Å²) >= 11 is 0. The van der Waals surface area contributed by atoms with Gasteiger partial charge >= 0.3 is 0 Å². The summed E-state index contributed by atoms with van der Waals surface area (Å²) in [6, 6.07) is 4.66. The Hall–Kier alpha value is -2.54. The van der Waals surface area contributed by atoms with E-state index in [1.807, 2.05) is 6.08 Å². The lowest BCUT2D eigenvalue weighted by Crippen LogP contribution is -2.48. The Kier molecular flexibility index (Phi) is 5.38. The van der Waals surface area contributed by atoms with Gasteiger partial charge in [0, 0.05) is 35.5 Å². The Labute approximate surface area is 181 Å². The van der Waals surface area contributed by atoms with E-state index in [9.17, 15) is 14.0 Å². The Morgan fingerprint density at radius 1 is 1.19 bits per heavy atom. The minimum Gasteiger partial charge on any atom is -0.356 e. The number of imide groups is 1. The number of aromatic nitrogens is 1. The highest BCUT2D eigenvalue weighted by atomic mass is 19.1. The summed E-state index contributed by atoms with van der Waals surface area (Å²) < 4.78 is 18.8. The van der Waals surface area contributed by atoms with Gasteiger partial charge in [-0.2, -0.15) is 0 Å². The van der Waals surface area contributed by atoms with E-state index in [0.717, 1.165) is 62.7 Å². The second kappa shape index (κ2) is 8.19. The van der Waals surface area contributed by atoms with E-state index in [2.05, 4.69) is 17.0 Å². The number of unbranched alkanes of at least 4 members (excludes halogenated alkanes) is 1. The van der Waals surface area contributed by atoms with E-state index in [-0.39, 0.29) is 35.5 Å². The van der Waals surface area contributed by atoms with Crippen molar-refractivity contribution in [3.05, 3.63) is 41.4 Å². The zero-order valence-electron chi connectivity index (χ0n) is 17.8. The van der Waals surface area contributed by atoms with Crippen molar-refractivity contribution in [3.8, 4) is 0 Å². The summed E-state index contributed by atoms with van der Waals surface area (Å²) in [5.41, 5.74) is 2.10. The maximum atomic E-state index is 13.5. The molecule has 1 aliphatic carbocycles. The second-order valence-electron chi connectivity index (χ2n) is 8.95. The van der Waals surface area contributed by atoms with Gasteiger partial charge in [-0.3, -0.25) is 19.4 Å². The summed E-state index contributed by atoms with van der Waals surface area (Å²) in [6.07, 6.45) is 7.36. The smallest absolute Gasteiger partial charge is 0.256 e. The lowest BCUT2D eigenvalue weighted by atomic mass is 9.82. The highest BCUT2D eigenvalue weighted by Gasteiger charge is 2.49. The van der Waals surface area contributed by atoms with Gasteiger partial charge < -0.3 is 4.52 Å². The molecule has 1 aromatic carbocycles. The Morgan fingerprint density at radius 3 is 2.77 bits per heavy atom. The number of fused-ring (bicyclic) bond motifs is 2. The highest BCUT2D eigenvalue weighted by Crippen LogP contribution is 2.40. The average molecular weight is 426 g/mol. The van der Waals surface area contributed by atoms with Crippen LogP contribution in [0.25, 0.3) is 11.0 Å². The summed E-state index contributed by atoms with van der Waals surface area (Å²) in [4.78, 5) is 29.8. The number of amides is 2. The van der Waals surface area contributed by atoms with Crippen LogP contribution < -0.4 is 0 Å². The molecule has 2 unspecified atom stereocenters. The number of allylic oxidation sites excluding steroid dienone is 1. The predicted octanol–water partition coefficient (Wildman–Crippen LogP) is 4.02. The number of hydrogen-bond acceptors (Lipinski definition) is 5. The number of rotatable bonds is 5. The molecule has 3 heterocycles. The van der Waals surface area contributed by atoms with Crippen molar-refractivity contribution in [2.75, 3.05) is 19.6 Å². The molecule has 7 heteroatoms. The van der Waals surface area contributed by atoms with Crippen LogP contribution in [-0.4, -0.2) is 52.4 Å². The molecular weight excluding hydrogens is 397 g/mol. The molecule has 0 N–H and O–H groups in total. The van der Waals surface area contributed by atoms with Gasteiger partial charge in [0.25, 0.3) is 5.91 Å². The first-order chi connectivity index (χ1) is 15.1. The van der Waals surface area contributed by atoms with Gasteiger partial charge in [-0.1, -0.05) is 24.6 Å². The van der Waals surface area contributed by atoms with Crippen LogP contribution in [0.15, 0.2) is 34.4 Å². The quantitative estimate of drug-likeness (QED) is 0.677. The molecule has 0 spiro atoms. The molecule has 31 heavy (non-hydrogen) atoms. The summed E-state index contributed by atoms with van der Waals surface area (Å²) in [5.74, 6) is -0.477. The van der Waals surface area contributed by atoms with Crippen molar-refractivity contribution < 1.29 is 18.5 Å². The fourth-order valence-electron chi connectivity index (χ4n) is 5.50. The maximum Gasteiger partial charge on any atom is 0.256 e. The van der Waals surface area contributed by atoms with Gasteiger partial charge in [-0.25, -0.2) is 4.39 Å². The average Bonchev–Trinajstić information content (AvgIpc) is 3.31. The Bertz CT molecular complexity index is 1040. The number of benzene rings is 1. The zero-order chi connectivity index (χ0) is 21.5. The molecule has 2 amide bonds. The highest BCUT2D eigenvalue weighted by molar-refractivity contribution is 6.15. The van der Waals surface area contributed by atoms with Gasteiger partial charge in [-0.05, 0) is 57.3 Å². The van der Waals surface area contributed by atoms with Gasteiger partial charge in [0.15, 0.2) is 5.58 Å². The molecule has 1 aromatic heterocycles. The van der Waals surface area contributed by atoms with Gasteiger partial charge in [0.1, 0.15) is 5.82 Å². The third-order valence-corrected chi connectivity index (χ3v) is 7.15. The molecule has 2 aromatic rings. The normalized spacial score (nSPS) is 25.4. The minimum absolute atomic E-state index is 0.0129. The van der Waals surface area contributed by atoms with E-state index in [1.165, 1.54) is 17.0 Å². The first-order valence-electron chi connectivity index (χ1n) is 11.4. The van der Waals surface area contributed by atoms with Crippen LogP contribution >= 0.6 is 0 Å². The number of likely N-dealkylation sites (tertiary alicyclic amines) is 2. The zero-order valence-corrected chi connectivity index (χ0v) is 17.8. The lowest BCUT2D eigenvalue weighted by Gasteiger charge is -2.40. The van der Waals surface area contributed by atoms with Crippen LogP contribution in [0, 0.1) is 11.7 Å². The molecule has 164 valence electrons. The second-order valence-corrected chi connectivity index (χ2v) is 8.95. The van der Waals surface area contributed by atoms with Crippen molar-refractivity contribution in [2.45, 2.75) is 57.4 Å². The molecule has 3 aliphatic rings. The largest absolute Gasteiger partial charge is 0.356 e. The number of nitrogens with zero attached hydrogens (tertiary/aromatic N) is 3. The van der Waals surface area contributed by atoms with E-state index >= 15 is 0 Å². The van der Waals surface area contributed by atoms with Crippen LogP contribution in [0.1, 0.15) is 57.1 Å². The van der Waals surface area contributed by atoms with E-state index in [0.29, 0.717) is 17.7 Å². The van der Waals surface area contributed by atoms with Crippen molar-refractivity contribution in [1.29, 1.82) is 0 Å². The van der Waals surface area contributed by atoms with Crippen LogP contribution in [0.3, 0.4) is 0 Å². The monoisotopic (exact) mass is 425 g/mol. The number of piperidine rings is 1. The summed E-state index contributed by atoms with van der Waals surface area (Å²) in [6.45, 7) is 4.30.